The Bertz CT molecular complexity index is 875. The van der Waals surface area contributed by atoms with Gasteiger partial charge in [0.25, 0.3) is 0 Å². The molecule has 3 aromatic rings. The van der Waals surface area contributed by atoms with Gasteiger partial charge in [-0.15, -0.1) is 5.10 Å². The molecular weight excluding hydrogens is 361 g/mol. The Morgan fingerprint density at radius 2 is 1.96 bits per heavy atom. The number of nitrogens with zero attached hydrogens (tertiary/aromatic N) is 3. The van der Waals surface area contributed by atoms with Crippen LogP contribution in [0.3, 0.4) is 0 Å². The second-order valence-corrected chi connectivity index (χ2v) is 5.92. The molecule has 0 fully saturated rings. The minimum absolute atomic E-state index is 0.328. The van der Waals surface area contributed by atoms with E-state index in [9.17, 15) is 0 Å². The predicted molar refractivity (Wildman–Crippen MR) is 99.9 cm³/mol. The Kier molecular flexibility index (Phi) is 5.53. The minimum Gasteiger partial charge on any atom is -0.496 e. The average Bonchev–Trinajstić information content (AvgIpc) is 2.63. The minimum atomic E-state index is 0.328. The van der Waals surface area contributed by atoms with Crippen molar-refractivity contribution in [3.63, 3.8) is 0 Å². The molecule has 0 spiro atoms. The number of nitrogens with one attached hydrogen (secondary N) is 2. The first-order valence-corrected chi connectivity index (χ1v) is 8.19. The molecule has 0 bridgehead atoms. The molecular formula is C17H15Cl2N5O. The van der Waals surface area contributed by atoms with Crippen LogP contribution in [0.15, 0.2) is 48.7 Å². The monoisotopic (exact) mass is 375 g/mol. The number of para-hydroxylation sites is 1. The molecule has 1 aromatic heterocycles. The fraction of sp³-hybridized carbons (Fsp3) is 0.118. The van der Waals surface area contributed by atoms with E-state index in [-0.39, 0.29) is 0 Å². The summed E-state index contributed by atoms with van der Waals surface area (Å²) in [4.78, 5) is 4.37. The lowest BCUT2D eigenvalue weighted by molar-refractivity contribution is 0.410. The lowest BCUT2D eigenvalue weighted by Gasteiger charge is -2.11. The summed E-state index contributed by atoms with van der Waals surface area (Å²) < 4.78 is 5.33. The van der Waals surface area contributed by atoms with E-state index < -0.39 is 0 Å². The van der Waals surface area contributed by atoms with E-state index in [4.69, 9.17) is 27.9 Å². The summed E-state index contributed by atoms with van der Waals surface area (Å²) in [6, 6.07) is 12.9. The Morgan fingerprint density at radius 1 is 1.12 bits per heavy atom. The molecule has 0 amide bonds. The zero-order chi connectivity index (χ0) is 17.6. The maximum atomic E-state index is 6.14. The van der Waals surface area contributed by atoms with Crippen molar-refractivity contribution < 1.29 is 4.74 Å². The van der Waals surface area contributed by atoms with Crippen LogP contribution in [0.4, 0.5) is 17.5 Å². The van der Waals surface area contributed by atoms with Gasteiger partial charge >= 0.3 is 0 Å². The topological polar surface area (TPSA) is 72.0 Å². The summed E-state index contributed by atoms with van der Waals surface area (Å²) in [5.41, 5.74) is 1.66. The van der Waals surface area contributed by atoms with Gasteiger partial charge in [0.05, 0.1) is 24.0 Å². The molecule has 2 aromatic carbocycles. The van der Waals surface area contributed by atoms with E-state index >= 15 is 0 Å². The Balaban J connectivity index is 1.71. The van der Waals surface area contributed by atoms with E-state index in [2.05, 4.69) is 25.8 Å². The Labute approximate surface area is 155 Å². The molecule has 0 saturated carbocycles. The van der Waals surface area contributed by atoms with Gasteiger partial charge in [0.1, 0.15) is 5.75 Å². The highest BCUT2D eigenvalue weighted by molar-refractivity contribution is 6.36. The first-order chi connectivity index (χ1) is 12.2. The van der Waals surface area contributed by atoms with Crippen LogP contribution in [0.2, 0.25) is 10.0 Å². The predicted octanol–water partition coefficient (Wildman–Crippen LogP) is 4.54. The van der Waals surface area contributed by atoms with E-state index in [1.165, 1.54) is 0 Å². The molecule has 128 valence electrons. The molecule has 0 saturated heterocycles. The van der Waals surface area contributed by atoms with Crippen LogP contribution >= 0.6 is 23.2 Å². The third-order valence-corrected chi connectivity index (χ3v) is 3.94. The van der Waals surface area contributed by atoms with Gasteiger partial charge in [0, 0.05) is 17.1 Å². The van der Waals surface area contributed by atoms with Crippen molar-refractivity contribution in [2.24, 2.45) is 0 Å². The van der Waals surface area contributed by atoms with Crippen LogP contribution in [0.1, 0.15) is 5.56 Å². The first kappa shape index (κ1) is 17.3. The third-order valence-electron chi connectivity index (χ3n) is 3.39. The summed E-state index contributed by atoms with van der Waals surface area (Å²) in [6.07, 6.45) is 1.55. The third kappa shape index (κ3) is 4.49. The summed E-state index contributed by atoms with van der Waals surface area (Å²) in [7, 11) is 1.64. The van der Waals surface area contributed by atoms with E-state index in [0.717, 1.165) is 11.3 Å². The molecule has 6 nitrogen and oxygen atoms in total. The van der Waals surface area contributed by atoms with Gasteiger partial charge in [-0.05, 0) is 24.3 Å². The van der Waals surface area contributed by atoms with Crippen molar-refractivity contribution in [1.29, 1.82) is 0 Å². The highest BCUT2D eigenvalue weighted by Crippen LogP contribution is 2.27. The number of methoxy groups -OCH3 is 1. The highest BCUT2D eigenvalue weighted by Gasteiger charge is 2.06. The zero-order valence-corrected chi connectivity index (χ0v) is 14.8. The second-order valence-electron chi connectivity index (χ2n) is 5.08. The molecule has 0 atom stereocenters. The van der Waals surface area contributed by atoms with Gasteiger partial charge in [0.2, 0.25) is 5.95 Å². The number of hydrogen-bond acceptors (Lipinski definition) is 6. The van der Waals surface area contributed by atoms with E-state index in [0.29, 0.717) is 34.0 Å². The fourth-order valence-electron chi connectivity index (χ4n) is 2.19. The number of rotatable bonds is 6. The van der Waals surface area contributed by atoms with Crippen LogP contribution in [-0.2, 0) is 6.54 Å². The number of aromatic nitrogens is 3. The highest BCUT2D eigenvalue weighted by atomic mass is 35.5. The van der Waals surface area contributed by atoms with Gasteiger partial charge in [-0.2, -0.15) is 10.1 Å². The van der Waals surface area contributed by atoms with Crippen molar-refractivity contribution in [2.45, 2.75) is 6.54 Å². The van der Waals surface area contributed by atoms with Gasteiger partial charge < -0.3 is 15.4 Å². The molecule has 2 N–H and O–H groups in total. The summed E-state index contributed by atoms with van der Waals surface area (Å²) >= 11 is 12.0. The molecule has 25 heavy (non-hydrogen) atoms. The maximum Gasteiger partial charge on any atom is 0.249 e. The lowest BCUT2D eigenvalue weighted by atomic mass is 10.2. The SMILES string of the molecule is COc1ccccc1CNc1cnnc(Nc2ccc(Cl)cc2Cl)n1. The standard InChI is InChI=1S/C17H15Cl2N5O/c1-25-15-5-3-2-4-11(15)9-20-16-10-21-24-17(23-16)22-14-7-6-12(18)8-13(14)19/h2-8,10H,9H2,1H3,(H2,20,22,23,24). The van der Waals surface area contributed by atoms with Crippen molar-refractivity contribution in [2.75, 3.05) is 17.7 Å². The van der Waals surface area contributed by atoms with Crippen molar-refractivity contribution in [3.05, 3.63) is 64.3 Å². The molecule has 0 aliphatic carbocycles. The normalized spacial score (nSPS) is 10.4. The summed E-state index contributed by atoms with van der Waals surface area (Å²) in [5.74, 6) is 1.71. The van der Waals surface area contributed by atoms with Gasteiger partial charge in [-0.3, -0.25) is 0 Å². The second kappa shape index (κ2) is 8.00. The van der Waals surface area contributed by atoms with E-state index in [1.807, 2.05) is 24.3 Å². The zero-order valence-electron chi connectivity index (χ0n) is 13.3. The number of benzene rings is 2. The fourth-order valence-corrected chi connectivity index (χ4v) is 2.64. The molecule has 0 radical (unpaired) electrons. The van der Waals surface area contributed by atoms with Crippen LogP contribution in [-0.4, -0.2) is 22.3 Å². The Morgan fingerprint density at radius 3 is 2.76 bits per heavy atom. The van der Waals surface area contributed by atoms with Crippen molar-refractivity contribution >= 4 is 40.7 Å². The molecule has 0 unspecified atom stereocenters. The van der Waals surface area contributed by atoms with Crippen molar-refractivity contribution in [3.8, 4) is 5.75 Å². The van der Waals surface area contributed by atoms with Gasteiger partial charge in [-0.1, -0.05) is 41.4 Å². The molecule has 1 heterocycles. The molecule has 0 aliphatic heterocycles. The number of anilines is 3. The van der Waals surface area contributed by atoms with Crippen LogP contribution in [0, 0.1) is 0 Å². The van der Waals surface area contributed by atoms with Crippen LogP contribution in [0.5, 0.6) is 5.75 Å². The van der Waals surface area contributed by atoms with Crippen LogP contribution in [0.25, 0.3) is 0 Å². The number of ether oxygens (including phenoxy) is 1. The quantitative estimate of drug-likeness (QED) is 0.658. The summed E-state index contributed by atoms with van der Waals surface area (Å²) in [6.45, 7) is 0.545. The Hall–Kier alpha value is -2.57. The largest absolute Gasteiger partial charge is 0.496 e. The van der Waals surface area contributed by atoms with E-state index in [1.54, 1.807) is 31.5 Å². The number of halogens is 2. The van der Waals surface area contributed by atoms with Crippen LogP contribution < -0.4 is 15.4 Å². The average molecular weight is 376 g/mol. The summed E-state index contributed by atoms with van der Waals surface area (Å²) in [5, 5.41) is 15.2. The lowest BCUT2D eigenvalue weighted by Crippen LogP contribution is -2.06. The van der Waals surface area contributed by atoms with Gasteiger partial charge in [0.15, 0.2) is 5.82 Å². The smallest absolute Gasteiger partial charge is 0.249 e. The molecule has 3 rings (SSSR count). The number of hydrogen-bond donors (Lipinski definition) is 2. The first-order valence-electron chi connectivity index (χ1n) is 7.43. The van der Waals surface area contributed by atoms with Crippen molar-refractivity contribution in [1.82, 2.24) is 15.2 Å². The van der Waals surface area contributed by atoms with Gasteiger partial charge in [-0.25, -0.2) is 0 Å². The molecule has 0 aliphatic rings. The maximum absolute atomic E-state index is 6.14. The molecule has 8 heteroatoms.